The largest absolute Gasteiger partial charge is 0.465 e. The van der Waals surface area contributed by atoms with E-state index in [4.69, 9.17) is 9.15 Å². The van der Waals surface area contributed by atoms with Gasteiger partial charge in [0, 0.05) is 11.9 Å². The normalized spacial score (nSPS) is 10.7. The van der Waals surface area contributed by atoms with Crippen molar-refractivity contribution in [3.63, 3.8) is 0 Å². The van der Waals surface area contributed by atoms with Gasteiger partial charge in [-0.3, -0.25) is 9.59 Å². The molecule has 0 bridgehead atoms. The first-order valence-corrected chi connectivity index (χ1v) is 8.56. The molecule has 0 saturated heterocycles. The van der Waals surface area contributed by atoms with Crippen molar-refractivity contribution < 1.29 is 18.7 Å². The van der Waals surface area contributed by atoms with E-state index in [1.807, 2.05) is 55.5 Å². The zero-order valence-corrected chi connectivity index (χ0v) is 14.9. The van der Waals surface area contributed by atoms with Gasteiger partial charge in [-0.1, -0.05) is 42.0 Å². The summed E-state index contributed by atoms with van der Waals surface area (Å²) >= 11 is 0. The number of carbonyl (C=O) groups excluding carboxylic acids is 2. The number of hydrogen-bond acceptors (Lipinski definition) is 4. The Morgan fingerprint density at radius 2 is 1.85 bits per heavy atom. The number of ether oxygens (including phenoxy) is 1. The van der Waals surface area contributed by atoms with Crippen LogP contribution in [-0.4, -0.2) is 29.9 Å². The fourth-order valence-corrected chi connectivity index (χ4v) is 2.79. The summed E-state index contributed by atoms with van der Waals surface area (Å²) in [5.41, 5.74) is 2.66. The maximum Gasteiger partial charge on any atom is 0.325 e. The third-order valence-corrected chi connectivity index (χ3v) is 4.01. The Kier molecular flexibility index (Phi) is 5.37. The number of amides is 1. The predicted molar refractivity (Wildman–Crippen MR) is 98.8 cm³/mol. The van der Waals surface area contributed by atoms with E-state index in [0.717, 1.165) is 16.5 Å². The van der Waals surface area contributed by atoms with Crippen LogP contribution >= 0.6 is 0 Å². The molecular weight excluding hydrogens is 330 g/mol. The van der Waals surface area contributed by atoms with Crippen LogP contribution in [-0.2, 0) is 16.1 Å². The van der Waals surface area contributed by atoms with E-state index in [0.29, 0.717) is 12.1 Å². The molecule has 0 fully saturated rings. The molecular formula is C21H21NO4. The van der Waals surface area contributed by atoms with Crippen molar-refractivity contribution in [1.82, 2.24) is 4.90 Å². The Bertz CT molecular complexity index is 914. The number of hydrogen-bond donors (Lipinski definition) is 0. The summed E-state index contributed by atoms with van der Waals surface area (Å²) in [6, 6.07) is 17.0. The average molecular weight is 351 g/mol. The van der Waals surface area contributed by atoms with Crippen LogP contribution in [0.25, 0.3) is 11.0 Å². The van der Waals surface area contributed by atoms with Gasteiger partial charge in [-0.2, -0.15) is 0 Å². The third-order valence-electron chi connectivity index (χ3n) is 4.01. The number of benzene rings is 2. The highest BCUT2D eigenvalue weighted by molar-refractivity contribution is 5.97. The number of carbonyl (C=O) groups is 2. The van der Waals surface area contributed by atoms with E-state index in [-0.39, 0.29) is 24.8 Å². The highest BCUT2D eigenvalue weighted by atomic mass is 16.5. The zero-order chi connectivity index (χ0) is 18.5. The van der Waals surface area contributed by atoms with E-state index in [1.54, 1.807) is 13.0 Å². The number of fused-ring (bicyclic) bond motifs is 1. The lowest BCUT2D eigenvalue weighted by molar-refractivity contribution is -0.143. The Morgan fingerprint density at radius 1 is 1.08 bits per heavy atom. The molecule has 1 amide bonds. The van der Waals surface area contributed by atoms with Crippen molar-refractivity contribution in [2.75, 3.05) is 13.2 Å². The molecule has 0 N–H and O–H groups in total. The first-order chi connectivity index (χ1) is 12.6. The second-order valence-corrected chi connectivity index (χ2v) is 6.10. The highest BCUT2D eigenvalue weighted by Gasteiger charge is 2.23. The van der Waals surface area contributed by atoms with Crippen molar-refractivity contribution in [2.24, 2.45) is 0 Å². The lowest BCUT2D eigenvalue weighted by Crippen LogP contribution is -2.35. The Labute approximate surface area is 152 Å². The number of esters is 1. The van der Waals surface area contributed by atoms with Gasteiger partial charge in [0.25, 0.3) is 5.91 Å². The van der Waals surface area contributed by atoms with Gasteiger partial charge in [-0.05, 0) is 37.6 Å². The lowest BCUT2D eigenvalue weighted by atomic mass is 10.2. The van der Waals surface area contributed by atoms with E-state index in [9.17, 15) is 9.59 Å². The second kappa shape index (κ2) is 7.87. The van der Waals surface area contributed by atoms with Crippen molar-refractivity contribution in [2.45, 2.75) is 20.4 Å². The average Bonchev–Trinajstić information content (AvgIpc) is 3.04. The maximum atomic E-state index is 13.0. The molecule has 134 valence electrons. The minimum absolute atomic E-state index is 0.127. The molecule has 0 aliphatic rings. The Balaban J connectivity index is 1.87. The molecule has 0 spiro atoms. The second-order valence-electron chi connectivity index (χ2n) is 6.10. The van der Waals surface area contributed by atoms with Crippen molar-refractivity contribution >= 4 is 22.8 Å². The van der Waals surface area contributed by atoms with Gasteiger partial charge in [-0.25, -0.2) is 0 Å². The summed E-state index contributed by atoms with van der Waals surface area (Å²) in [4.78, 5) is 26.4. The summed E-state index contributed by atoms with van der Waals surface area (Å²) in [6.07, 6.45) is 0. The van der Waals surface area contributed by atoms with E-state index in [1.165, 1.54) is 4.90 Å². The van der Waals surface area contributed by atoms with E-state index < -0.39 is 5.97 Å². The Morgan fingerprint density at radius 3 is 2.58 bits per heavy atom. The van der Waals surface area contributed by atoms with Crippen LogP contribution in [0.1, 0.15) is 28.6 Å². The lowest BCUT2D eigenvalue weighted by Gasteiger charge is -2.20. The molecule has 3 aromatic rings. The first kappa shape index (κ1) is 17.7. The summed E-state index contributed by atoms with van der Waals surface area (Å²) in [7, 11) is 0. The third kappa shape index (κ3) is 4.11. The van der Waals surface area contributed by atoms with Crippen LogP contribution in [0.3, 0.4) is 0 Å². The Hall–Kier alpha value is -3.08. The molecule has 0 radical (unpaired) electrons. The van der Waals surface area contributed by atoms with Gasteiger partial charge < -0.3 is 14.1 Å². The standard InChI is InChI=1S/C21H21NO4/c1-3-25-20(23)14-22(13-16-7-5-4-6-8-16)21(24)19-12-17-11-15(2)9-10-18(17)26-19/h4-12H,3,13-14H2,1-2H3. The molecule has 0 aliphatic heterocycles. The van der Waals surface area contributed by atoms with Gasteiger partial charge in [0.05, 0.1) is 6.61 Å². The van der Waals surface area contributed by atoms with Crippen molar-refractivity contribution in [3.8, 4) is 0 Å². The summed E-state index contributed by atoms with van der Waals surface area (Å²) in [5.74, 6) is -0.565. The molecule has 26 heavy (non-hydrogen) atoms. The molecule has 2 aromatic carbocycles. The van der Waals surface area contributed by atoms with Crippen LogP contribution in [0, 0.1) is 6.92 Å². The van der Waals surface area contributed by atoms with Crippen LogP contribution in [0.4, 0.5) is 0 Å². The van der Waals surface area contributed by atoms with Gasteiger partial charge in [0.2, 0.25) is 0 Å². The summed E-state index contributed by atoms with van der Waals surface area (Å²) in [6.45, 7) is 4.17. The molecule has 5 heteroatoms. The smallest absolute Gasteiger partial charge is 0.325 e. The SMILES string of the molecule is CCOC(=O)CN(Cc1ccccc1)C(=O)c1cc2cc(C)ccc2o1. The van der Waals surface area contributed by atoms with E-state index in [2.05, 4.69) is 0 Å². The molecule has 0 atom stereocenters. The molecule has 3 rings (SSSR count). The van der Waals surface area contributed by atoms with Crippen LogP contribution < -0.4 is 0 Å². The molecule has 1 heterocycles. The van der Waals surface area contributed by atoms with Gasteiger partial charge in [0.1, 0.15) is 12.1 Å². The molecule has 1 aromatic heterocycles. The summed E-state index contributed by atoms with van der Waals surface area (Å²) in [5, 5.41) is 0.865. The topological polar surface area (TPSA) is 59.8 Å². The molecule has 0 aliphatic carbocycles. The van der Waals surface area contributed by atoms with Crippen LogP contribution in [0.2, 0.25) is 0 Å². The minimum atomic E-state index is -0.441. The maximum absolute atomic E-state index is 13.0. The number of nitrogens with zero attached hydrogens (tertiary/aromatic N) is 1. The highest BCUT2D eigenvalue weighted by Crippen LogP contribution is 2.22. The van der Waals surface area contributed by atoms with Crippen LogP contribution in [0.5, 0.6) is 0 Å². The molecule has 0 saturated carbocycles. The minimum Gasteiger partial charge on any atom is -0.465 e. The molecule has 5 nitrogen and oxygen atoms in total. The van der Waals surface area contributed by atoms with Crippen molar-refractivity contribution in [1.29, 1.82) is 0 Å². The van der Waals surface area contributed by atoms with Gasteiger partial charge >= 0.3 is 5.97 Å². The van der Waals surface area contributed by atoms with Crippen molar-refractivity contribution in [3.05, 3.63) is 71.5 Å². The fraction of sp³-hybridized carbons (Fsp3) is 0.238. The number of aryl methyl sites for hydroxylation is 1. The van der Waals surface area contributed by atoms with Gasteiger partial charge in [-0.15, -0.1) is 0 Å². The predicted octanol–water partition coefficient (Wildman–Crippen LogP) is 3.95. The number of rotatable bonds is 6. The summed E-state index contributed by atoms with van der Waals surface area (Å²) < 4.78 is 10.7. The first-order valence-electron chi connectivity index (χ1n) is 8.56. The molecule has 0 unspecified atom stereocenters. The monoisotopic (exact) mass is 351 g/mol. The van der Waals surface area contributed by atoms with Gasteiger partial charge in [0.15, 0.2) is 5.76 Å². The zero-order valence-electron chi connectivity index (χ0n) is 14.9. The quantitative estimate of drug-likeness (QED) is 0.631. The van der Waals surface area contributed by atoms with E-state index >= 15 is 0 Å². The van der Waals surface area contributed by atoms with Crippen LogP contribution in [0.15, 0.2) is 59.0 Å². The fourth-order valence-electron chi connectivity index (χ4n) is 2.79. The number of furan rings is 1.